The van der Waals surface area contributed by atoms with E-state index >= 15 is 0 Å². The van der Waals surface area contributed by atoms with Crippen LogP contribution in [0.15, 0.2) is 59.1 Å². The molecule has 18 heavy (non-hydrogen) atoms. The Hall–Kier alpha value is -2.42. The maximum absolute atomic E-state index is 5.07. The van der Waals surface area contributed by atoms with Crippen LogP contribution in [0.4, 0.5) is 0 Å². The monoisotopic (exact) mass is 236 g/mol. The van der Waals surface area contributed by atoms with Crippen LogP contribution in [0.3, 0.4) is 0 Å². The van der Waals surface area contributed by atoms with Crippen LogP contribution in [0.5, 0.6) is 0 Å². The van der Waals surface area contributed by atoms with Crippen LogP contribution in [0.1, 0.15) is 5.76 Å². The molecule has 2 aromatic heterocycles. The SMILES string of the molecule is Cc1cc(-c2cccc(-c3ccccc3)n2)no1. The minimum absolute atomic E-state index is 0.769. The van der Waals surface area contributed by atoms with Crippen molar-refractivity contribution in [1.82, 2.24) is 10.1 Å². The standard InChI is InChI=1S/C15H12N2O/c1-11-10-15(17-18-11)14-9-5-8-13(16-14)12-6-3-2-4-7-12/h2-10H,1H3. The third kappa shape index (κ3) is 2.02. The third-order valence-electron chi connectivity index (χ3n) is 2.71. The van der Waals surface area contributed by atoms with Crippen LogP contribution < -0.4 is 0 Å². The van der Waals surface area contributed by atoms with Crippen molar-refractivity contribution in [2.45, 2.75) is 6.92 Å². The Labute approximate surface area is 105 Å². The van der Waals surface area contributed by atoms with Gasteiger partial charge in [0.25, 0.3) is 0 Å². The topological polar surface area (TPSA) is 38.9 Å². The second-order valence-corrected chi connectivity index (χ2v) is 4.10. The van der Waals surface area contributed by atoms with E-state index in [1.54, 1.807) is 0 Å². The van der Waals surface area contributed by atoms with Gasteiger partial charge in [-0.2, -0.15) is 0 Å². The molecule has 0 aliphatic rings. The molecule has 3 aromatic rings. The summed E-state index contributed by atoms with van der Waals surface area (Å²) in [5.41, 5.74) is 3.63. The first kappa shape index (κ1) is 10.7. The molecule has 0 atom stereocenters. The first-order valence-corrected chi connectivity index (χ1v) is 5.79. The first-order chi connectivity index (χ1) is 8.83. The summed E-state index contributed by atoms with van der Waals surface area (Å²) in [5, 5.41) is 3.98. The quantitative estimate of drug-likeness (QED) is 0.680. The van der Waals surface area contributed by atoms with Crippen LogP contribution in [0.2, 0.25) is 0 Å². The molecule has 2 heterocycles. The van der Waals surface area contributed by atoms with Crippen molar-refractivity contribution in [2.24, 2.45) is 0 Å². The highest BCUT2D eigenvalue weighted by atomic mass is 16.5. The summed E-state index contributed by atoms with van der Waals surface area (Å²) in [7, 11) is 0. The smallest absolute Gasteiger partial charge is 0.134 e. The summed E-state index contributed by atoms with van der Waals surface area (Å²) >= 11 is 0. The highest BCUT2D eigenvalue weighted by Gasteiger charge is 2.06. The molecular formula is C15H12N2O. The van der Waals surface area contributed by atoms with Crippen molar-refractivity contribution in [2.75, 3.05) is 0 Å². The first-order valence-electron chi connectivity index (χ1n) is 5.79. The van der Waals surface area contributed by atoms with E-state index in [1.165, 1.54) is 0 Å². The predicted molar refractivity (Wildman–Crippen MR) is 69.9 cm³/mol. The second kappa shape index (κ2) is 4.45. The summed E-state index contributed by atoms with van der Waals surface area (Å²) in [6.07, 6.45) is 0. The van der Waals surface area contributed by atoms with Crippen LogP contribution in [0, 0.1) is 6.92 Å². The summed E-state index contributed by atoms with van der Waals surface area (Å²) in [6, 6.07) is 17.9. The minimum atomic E-state index is 0.769. The van der Waals surface area contributed by atoms with Crippen molar-refractivity contribution in [3.05, 3.63) is 60.4 Å². The number of aromatic nitrogens is 2. The van der Waals surface area contributed by atoms with Gasteiger partial charge in [-0.15, -0.1) is 0 Å². The molecule has 3 rings (SSSR count). The fourth-order valence-electron chi connectivity index (χ4n) is 1.83. The average Bonchev–Trinajstić information content (AvgIpc) is 2.87. The molecule has 0 amide bonds. The van der Waals surface area contributed by atoms with Gasteiger partial charge in [-0.05, 0) is 19.1 Å². The fourth-order valence-corrected chi connectivity index (χ4v) is 1.83. The summed E-state index contributed by atoms with van der Waals surface area (Å²) in [6.45, 7) is 1.87. The normalized spacial score (nSPS) is 10.5. The lowest BCUT2D eigenvalue weighted by Crippen LogP contribution is -1.87. The van der Waals surface area contributed by atoms with Crippen molar-refractivity contribution in [3.8, 4) is 22.6 Å². The maximum atomic E-state index is 5.07. The molecule has 3 nitrogen and oxygen atoms in total. The van der Waals surface area contributed by atoms with E-state index < -0.39 is 0 Å². The lowest BCUT2D eigenvalue weighted by Gasteiger charge is -2.02. The number of rotatable bonds is 2. The van der Waals surface area contributed by atoms with E-state index in [1.807, 2.05) is 61.5 Å². The Morgan fingerprint density at radius 3 is 2.33 bits per heavy atom. The molecule has 0 radical (unpaired) electrons. The number of hydrogen-bond donors (Lipinski definition) is 0. The molecule has 0 spiro atoms. The largest absolute Gasteiger partial charge is 0.361 e. The van der Waals surface area contributed by atoms with Gasteiger partial charge in [0.1, 0.15) is 11.5 Å². The van der Waals surface area contributed by atoms with Gasteiger partial charge < -0.3 is 4.52 Å². The molecule has 0 fully saturated rings. The van der Waals surface area contributed by atoms with Crippen molar-refractivity contribution >= 4 is 0 Å². The highest BCUT2D eigenvalue weighted by Crippen LogP contribution is 2.21. The molecule has 0 aliphatic carbocycles. The molecule has 0 saturated heterocycles. The van der Waals surface area contributed by atoms with Gasteiger partial charge in [0.15, 0.2) is 0 Å². The van der Waals surface area contributed by atoms with Crippen LogP contribution in [-0.2, 0) is 0 Å². The lowest BCUT2D eigenvalue weighted by atomic mass is 10.1. The third-order valence-corrected chi connectivity index (χ3v) is 2.71. The maximum Gasteiger partial charge on any atom is 0.134 e. The van der Waals surface area contributed by atoms with E-state index in [2.05, 4.69) is 10.1 Å². The number of benzene rings is 1. The van der Waals surface area contributed by atoms with Gasteiger partial charge in [0.2, 0.25) is 0 Å². The molecule has 88 valence electrons. The Morgan fingerprint density at radius 1 is 0.833 bits per heavy atom. The van der Waals surface area contributed by atoms with Gasteiger partial charge in [-0.3, -0.25) is 0 Å². The van der Waals surface area contributed by atoms with Crippen molar-refractivity contribution in [3.63, 3.8) is 0 Å². The molecular weight excluding hydrogens is 224 g/mol. The van der Waals surface area contributed by atoms with Gasteiger partial charge in [-0.25, -0.2) is 4.98 Å². The summed E-state index contributed by atoms with van der Waals surface area (Å²) in [4.78, 5) is 4.60. The van der Waals surface area contributed by atoms with E-state index in [9.17, 15) is 0 Å². The number of nitrogens with zero attached hydrogens (tertiary/aromatic N) is 2. The van der Waals surface area contributed by atoms with Crippen molar-refractivity contribution in [1.29, 1.82) is 0 Å². The van der Waals surface area contributed by atoms with E-state index in [4.69, 9.17) is 4.52 Å². The van der Waals surface area contributed by atoms with Gasteiger partial charge in [0, 0.05) is 11.6 Å². The molecule has 1 aromatic carbocycles. The Morgan fingerprint density at radius 2 is 1.61 bits per heavy atom. The molecule has 0 N–H and O–H groups in total. The van der Waals surface area contributed by atoms with E-state index in [0.29, 0.717) is 0 Å². The van der Waals surface area contributed by atoms with Crippen LogP contribution >= 0.6 is 0 Å². The predicted octanol–water partition coefficient (Wildman–Crippen LogP) is 3.71. The van der Waals surface area contributed by atoms with Gasteiger partial charge in [-0.1, -0.05) is 41.6 Å². The Bertz CT molecular complexity index is 659. The minimum Gasteiger partial charge on any atom is -0.361 e. The van der Waals surface area contributed by atoms with E-state index in [-0.39, 0.29) is 0 Å². The zero-order valence-electron chi connectivity index (χ0n) is 10.00. The van der Waals surface area contributed by atoms with Crippen molar-refractivity contribution < 1.29 is 4.52 Å². The molecule has 0 aliphatic heterocycles. The number of aryl methyl sites for hydroxylation is 1. The van der Waals surface area contributed by atoms with Crippen LogP contribution in [-0.4, -0.2) is 10.1 Å². The average molecular weight is 236 g/mol. The van der Waals surface area contributed by atoms with Crippen LogP contribution in [0.25, 0.3) is 22.6 Å². The Balaban J connectivity index is 2.05. The number of pyridine rings is 1. The summed E-state index contributed by atoms with van der Waals surface area (Å²) in [5.74, 6) is 0.789. The highest BCUT2D eigenvalue weighted by molar-refractivity contribution is 5.63. The molecule has 0 bridgehead atoms. The number of hydrogen-bond acceptors (Lipinski definition) is 3. The molecule has 3 heteroatoms. The fraction of sp³-hybridized carbons (Fsp3) is 0.0667. The molecule has 0 unspecified atom stereocenters. The summed E-state index contributed by atoms with van der Waals surface area (Å²) < 4.78 is 5.07. The second-order valence-electron chi connectivity index (χ2n) is 4.10. The Kier molecular flexibility index (Phi) is 2.65. The van der Waals surface area contributed by atoms with E-state index in [0.717, 1.165) is 28.4 Å². The zero-order chi connectivity index (χ0) is 12.4. The molecule has 0 saturated carbocycles. The zero-order valence-corrected chi connectivity index (χ0v) is 10.00. The van der Waals surface area contributed by atoms with Gasteiger partial charge in [0.05, 0.1) is 11.4 Å². The van der Waals surface area contributed by atoms with Gasteiger partial charge >= 0.3 is 0 Å². The lowest BCUT2D eigenvalue weighted by molar-refractivity contribution is 0.399.